The zero-order valence-electron chi connectivity index (χ0n) is 6.58. The van der Waals surface area contributed by atoms with Crippen molar-refractivity contribution >= 4 is 5.97 Å². The quantitative estimate of drug-likeness (QED) is 0.432. The Morgan fingerprint density at radius 3 is 3.08 bits per heavy atom. The van der Waals surface area contributed by atoms with Gasteiger partial charge in [-0.3, -0.25) is 4.98 Å². The summed E-state index contributed by atoms with van der Waals surface area (Å²) in [5, 5.41) is 11.9. The lowest BCUT2D eigenvalue weighted by Crippen LogP contribution is -1.98. The molecule has 0 saturated carbocycles. The number of aromatic carboxylic acids is 1. The van der Waals surface area contributed by atoms with Crippen LogP contribution in [-0.4, -0.2) is 16.1 Å². The Bertz CT molecular complexity index is 371. The summed E-state index contributed by atoms with van der Waals surface area (Å²) in [6, 6.07) is 1.42. The molecule has 6 nitrogen and oxygen atoms in total. The molecule has 0 aliphatic carbocycles. The number of hydrogen-bond acceptors (Lipinski definition) is 3. The number of azide groups is 1. The van der Waals surface area contributed by atoms with Gasteiger partial charge in [-0.25, -0.2) is 4.79 Å². The van der Waals surface area contributed by atoms with E-state index in [1.54, 1.807) is 0 Å². The molecule has 1 aromatic heterocycles. The third kappa shape index (κ3) is 2.46. The summed E-state index contributed by atoms with van der Waals surface area (Å²) in [5.41, 5.74) is 8.70. The maximum atomic E-state index is 10.5. The van der Waals surface area contributed by atoms with E-state index in [1.165, 1.54) is 18.5 Å². The van der Waals surface area contributed by atoms with Crippen molar-refractivity contribution in [3.63, 3.8) is 0 Å². The molecule has 6 heteroatoms. The van der Waals surface area contributed by atoms with E-state index in [1.807, 2.05) is 0 Å². The maximum Gasteiger partial charge on any atom is 0.337 e. The summed E-state index contributed by atoms with van der Waals surface area (Å²) in [7, 11) is 0. The molecular formula is C7H6N4O2. The first kappa shape index (κ1) is 9.02. The van der Waals surface area contributed by atoms with Gasteiger partial charge in [-0.2, -0.15) is 0 Å². The molecule has 0 fully saturated rings. The number of hydrogen-bond donors (Lipinski definition) is 1. The van der Waals surface area contributed by atoms with Crippen molar-refractivity contribution in [1.29, 1.82) is 0 Å². The topological polar surface area (TPSA) is 99.0 Å². The molecule has 1 rings (SSSR count). The highest BCUT2D eigenvalue weighted by molar-refractivity contribution is 5.87. The molecule has 0 bridgehead atoms. The second-order valence-corrected chi connectivity index (χ2v) is 2.28. The van der Waals surface area contributed by atoms with E-state index in [0.29, 0.717) is 5.56 Å². The highest BCUT2D eigenvalue weighted by atomic mass is 16.4. The van der Waals surface area contributed by atoms with Crippen molar-refractivity contribution < 1.29 is 9.90 Å². The van der Waals surface area contributed by atoms with Crippen LogP contribution in [-0.2, 0) is 6.54 Å². The Morgan fingerprint density at radius 2 is 2.46 bits per heavy atom. The van der Waals surface area contributed by atoms with Crippen LogP contribution in [0.1, 0.15) is 15.9 Å². The van der Waals surface area contributed by atoms with Crippen LogP contribution in [0.3, 0.4) is 0 Å². The molecule has 1 N–H and O–H groups in total. The van der Waals surface area contributed by atoms with E-state index >= 15 is 0 Å². The first-order chi connectivity index (χ1) is 6.24. The Kier molecular flexibility index (Phi) is 2.83. The van der Waals surface area contributed by atoms with Crippen LogP contribution in [0.25, 0.3) is 10.4 Å². The van der Waals surface area contributed by atoms with Gasteiger partial charge < -0.3 is 5.11 Å². The van der Waals surface area contributed by atoms with Crippen LogP contribution >= 0.6 is 0 Å². The highest BCUT2D eigenvalue weighted by Crippen LogP contribution is 2.03. The molecule has 0 aliphatic heterocycles. The van der Waals surface area contributed by atoms with Crippen molar-refractivity contribution in [2.75, 3.05) is 0 Å². The highest BCUT2D eigenvalue weighted by Gasteiger charge is 2.02. The predicted octanol–water partition coefficient (Wildman–Crippen LogP) is 1.59. The minimum Gasteiger partial charge on any atom is -0.478 e. The van der Waals surface area contributed by atoms with Gasteiger partial charge in [-0.15, -0.1) is 0 Å². The number of carbonyl (C=O) groups is 1. The molecule has 0 amide bonds. The minimum atomic E-state index is -1.05. The molecule has 0 spiro atoms. The van der Waals surface area contributed by atoms with Crippen LogP contribution in [0.15, 0.2) is 23.6 Å². The molecule has 1 heterocycles. The van der Waals surface area contributed by atoms with E-state index in [-0.39, 0.29) is 12.1 Å². The number of carboxylic acid groups (broad SMARTS) is 1. The molecule has 0 saturated heterocycles. The fraction of sp³-hybridized carbons (Fsp3) is 0.143. The third-order valence-corrected chi connectivity index (χ3v) is 1.36. The number of rotatable bonds is 3. The Labute approximate surface area is 73.5 Å². The average Bonchev–Trinajstić information content (AvgIpc) is 2.15. The van der Waals surface area contributed by atoms with Crippen LogP contribution < -0.4 is 0 Å². The minimum absolute atomic E-state index is 0.0886. The number of carboxylic acids is 1. The predicted molar refractivity (Wildman–Crippen MR) is 44.0 cm³/mol. The standard InChI is InChI=1S/C7H6N4O2/c8-11-10-3-5-1-6(7(12)13)4-9-2-5/h1-2,4H,3H2,(H,12,13). The van der Waals surface area contributed by atoms with Gasteiger partial charge in [0.05, 0.1) is 12.1 Å². The van der Waals surface area contributed by atoms with Gasteiger partial charge in [0.2, 0.25) is 0 Å². The zero-order valence-corrected chi connectivity index (χ0v) is 6.58. The summed E-state index contributed by atoms with van der Waals surface area (Å²) in [6.07, 6.45) is 2.70. The lowest BCUT2D eigenvalue weighted by molar-refractivity contribution is 0.0696. The van der Waals surface area contributed by atoms with Gasteiger partial charge in [0.1, 0.15) is 0 Å². The van der Waals surface area contributed by atoms with Gasteiger partial charge in [0.25, 0.3) is 0 Å². The zero-order chi connectivity index (χ0) is 9.68. The van der Waals surface area contributed by atoms with Crippen LogP contribution in [0.5, 0.6) is 0 Å². The smallest absolute Gasteiger partial charge is 0.337 e. The number of nitrogens with zero attached hydrogens (tertiary/aromatic N) is 4. The first-order valence-electron chi connectivity index (χ1n) is 3.42. The molecule has 0 radical (unpaired) electrons. The van der Waals surface area contributed by atoms with Crippen molar-refractivity contribution in [2.24, 2.45) is 5.11 Å². The number of pyridine rings is 1. The van der Waals surface area contributed by atoms with E-state index in [9.17, 15) is 4.79 Å². The summed E-state index contributed by atoms with van der Waals surface area (Å²) >= 11 is 0. The molecule has 1 aromatic rings. The summed E-state index contributed by atoms with van der Waals surface area (Å²) in [6.45, 7) is 0.116. The molecule has 0 aromatic carbocycles. The number of aromatic nitrogens is 1. The average molecular weight is 178 g/mol. The Hall–Kier alpha value is -2.07. The van der Waals surface area contributed by atoms with Gasteiger partial charge in [-0.05, 0) is 17.2 Å². The fourth-order valence-corrected chi connectivity index (χ4v) is 0.804. The van der Waals surface area contributed by atoms with E-state index in [2.05, 4.69) is 15.0 Å². The molecule has 13 heavy (non-hydrogen) atoms. The van der Waals surface area contributed by atoms with Crippen LogP contribution in [0.2, 0.25) is 0 Å². The monoisotopic (exact) mass is 178 g/mol. The van der Waals surface area contributed by atoms with E-state index in [4.69, 9.17) is 10.6 Å². The normalized spacial score (nSPS) is 8.92. The lowest BCUT2D eigenvalue weighted by Gasteiger charge is -1.96. The second kappa shape index (κ2) is 4.08. The van der Waals surface area contributed by atoms with E-state index < -0.39 is 5.97 Å². The second-order valence-electron chi connectivity index (χ2n) is 2.28. The summed E-state index contributed by atoms with van der Waals surface area (Å²) in [4.78, 5) is 16.7. The summed E-state index contributed by atoms with van der Waals surface area (Å²) in [5.74, 6) is -1.05. The largest absolute Gasteiger partial charge is 0.478 e. The molecular weight excluding hydrogens is 172 g/mol. The van der Waals surface area contributed by atoms with Crippen molar-refractivity contribution in [3.8, 4) is 0 Å². The first-order valence-corrected chi connectivity index (χ1v) is 3.42. The Morgan fingerprint density at radius 1 is 1.69 bits per heavy atom. The molecule has 0 atom stereocenters. The maximum absolute atomic E-state index is 10.5. The third-order valence-electron chi connectivity index (χ3n) is 1.36. The molecule has 0 aliphatic rings. The van der Waals surface area contributed by atoms with Gasteiger partial charge in [0.15, 0.2) is 0 Å². The lowest BCUT2D eigenvalue weighted by atomic mass is 10.2. The molecule has 66 valence electrons. The summed E-state index contributed by atoms with van der Waals surface area (Å²) < 4.78 is 0. The molecule has 0 unspecified atom stereocenters. The van der Waals surface area contributed by atoms with E-state index in [0.717, 1.165) is 0 Å². The van der Waals surface area contributed by atoms with Crippen molar-refractivity contribution in [1.82, 2.24) is 4.98 Å². The SMILES string of the molecule is [N-]=[N+]=NCc1cncc(C(=O)O)c1. The van der Waals surface area contributed by atoms with Gasteiger partial charge in [-0.1, -0.05) is 5.11 Å². The fourth-order valence-electron chi connectivity index (χ4n) is 0.804. The van der Waals surface area contributed by atoms with Gasteiger partial charge in [0, 0.05) is 17.3 Å². The Balaban J connectivity index is 2.91. The van der Waals surface area contributed by atoms with Crippen LogP contribution in [0.4, 0.5) is 0 Å². The van der Waals surface area contributed by atoms with Crippen molar-refractivity contribution in [3.05, 3.63) is 40.0 Å². The van der Waals surface area contributed by atoms with Crippen LogP contribution in [0, 0.1) is 0 Å². The van der Waals surface area contributed by atoms with Gasteiger partial charge >= 0.3 is 5.97 Å². The van der Waals surface area contributed by atoms with Crippen molar-refractivity contribution in [2.45, 2.75) is 6.54 Å².